The molecule has 0 unspecified atom stereocenters. The number of nitrogens with zero attached hydrogens (tertiary/aromatic N) is 6. The van der Waals surface area contributed by atoms with Crippen LogP contribution in [0.5, 0.6) is 6.01 Å². The number of furan rings is 1. The van der Waals surface area contributed by atoms with Gasteiger partial charge in [-0.15, -0.1) is 0 Å². The molecule has 0 radical (unpaired) electrons. The molecule has 0 atom stereocenters. The highest BCUT2D eigenvalue weighted by Crippen LogP contribution is 2.23. The second-order valence-corrected chi connectivity index (χ2v) is 7.58. The standard InChI is InChI=1S/C22H24N8O2/c1-29-9-11-30(12-10-29)21-24-20(23-19-14-17(27-28-19)18-8-5-13-31-18)25-22(26-21)32-15-16-6-3-2-4-7-16/h2-8,13-14H,9-12,15H2,1H3,(H2,23,24,25,26,27,28). The zero-order valence-corrected chi connectivity index (χ0v) is 17.7. The van der Waals surface area contributed by atoms with Crippen LogP contribution in [-0.4, -0.2) is 63.3 Å². The SMILES string of the molecule is CN1CCN(c2nc(Nc3cc(-c4ccco4)[nH]n3)nc(OCc3ccccc3)n2)CC1. The summed E-state index contributed by atoms with van der Waals surface area (Å²) in [6.07, 6.45) is 1.62. The fourth-order valence-corrected chi connectivity index (χ4v) is 3.39. The normalized spacial score (nSPS) is 14.5. The number of likely N-dealkylation sites (N-methyl/N-ethyl adjacent to an activating group) is 1. The lowest BCUT2D eigenvalue weighted by atomic mass is 10.2. The van der Waals surface area contributed by atoms with Crippen LogP contribution in [0.25, 0.3) is 11.5 Å². The molecule has 4 aromatic rings. The van der Waals surface area contributed by atoms with E-state index in [-0.39, 0.29) is 6.01 Å². The molecule has 1 aliphatic rings. The van der Waals surface area contributed by atoms with Crippen molar-refractivity contribution in [3.05, 3.63) is 60.4 Å². The molecule has 0 spiro atoms. The summed E-state index contributed by atoms with van der Waals surface area (Å²) in [6.45, 7) is 3.94. The first-order chi connectivity index (χ1) is 15.7. The summed E-state index contributed by atoms with van der Waals surface area (Å²) in [5.74, 6) is 2.22. The van der Waals surface area contributed by atoms with E-state index in [0.717, 1.165) is 37.4 Å². The predicted molar refractivity (Wildman–Crippen MR) is 120 cm³/mol. The van der Waals surface area contributed by atoms with Gasteiger partial charge >= 0.3 is 6.01 Å². The Kier molecular flexibility index (Phi) is 5.67. The maximum atomic E-state index is 5.90. The van der Waals surface area contributed by atoms with E-state index in [1.165, 1.54) is 0 Å². The van der Waals surface area contributed by atoms with Crippen molar-refractivity contribution in [2.75, 3.05) is 43.4 Å². The van der Waals surface area contributed by atoms with Crippen LogP contribution in [-0.2, 0) is 6.61 Å². The molecule has 0 saturated carbocycles. The fourth-order valence-electron chi connectivity index (χ4n) is 3.39. The van der Waals surface area contributed by atoms with Gasteiger partial charge in [-0.2, -0.15) is 20.1 Å². The van der Waals surface area contributed by atoms with E-state index < -0.39 is 0 Å². The van der Waals surface area contributed by atoms with Crippen molar-refractivity contribution in [2.45, 2.75) is 6.61 Å². The molecule has 1 saturated heterocycles. The van der Waals surface area contributed by atoms with Crippen LogP contribution in [0.15, 0.2) is 59.2 Å². The number of anilines is 3. The Hall–Kier alpha value is -3.92. The Labute approximate surface area is 185 Å². The molecular formula is C22H24N8O2. The Balaban J connectivity index is 1.38. The Morgan fingerprint density at radius 2 is 1.88 bits per heavy atom. The van der Waals surface area contributed by atoms with Gasteiger partial charge in [0, 0.05) is 32.2 Å². The molecule has 0 aliphatic carbocycles. The number of piperazine rings is 1. The number of hydrogen-bond acceptors (Lipinski definition) is 9. The number of hydrogen-bond donors (Lipinski definition) is 2. The van der Waals surface area contributed by atoms with Crippen LogP contribution in [0.2, 0.25) is 0 Å². The van der Waals surface area contributed by atoms with Crippen LogP contribution in [0.1, 0.15) is 5.56 Å². The lowest BCUT2D eigenvalue weighted by molar-refractivity contribution is 0.278. The first-order valence-electron chi connectivity index (χ1n) is 10.5. The lowest BCUT2D eigenvalue weighted by Crippen LogP contribution is -2.45. The van der Waals surface area contributed by atoms with Gasteiger partial charge in [0.2, 0.25) is 11.9 Å². The molecule has 32 heavy (non-hydrogen) atoms. The zero-order chi connectivity index (χ0) is 21.8. The van der Waals surface area contributed by atoms with Gasteiger partial charge < -0.3 is 24.3 Å². The molecule has 1 aromatic carbocycles. The molecule has 0 bridgehead atoms. The first kappa shape index (κ1) is 20.0. The minimum Gasteiger partial charge on any atom is -0.463 e. The van der Waals surface area contributed by atoms with Gasteiger partial charge in [-0.05, 0) is 24.7 Å². The number of ether oxygens (including phenoxy) is 1. The van der Waals surface area contributed by atoms with E-state index >= 15 is 0 Å². The van der Waals surface area contributed by atoms with Gasteiger partial charge in [-0.25, -0.2) is 0 Å². The van der Waals surface area contributed by atoms with Crippen molar-refractivity contribution in [3.8, 4) is 17.5 Å². The van der Waals surface area contributed by atoms with E-state index in [9.17, 15) is 0 Å². The van der Waals surface area contributed by atoms with Gasteiger partial charge in [-0.3, -0.25) is 5.10 Å². The Morgan fingerprint density at radius 1 is 1.03 bits per heavy atom. The maximum absolute atomic E-state index is 5.90. The molecule has 1 fully saturated rings. The van der Waals surface area contributed by atoms with Gasteiger partial charge in [0.1, 0.15) is 12.3 Å². The third-order valence-electron chi connectivity index (χ3n) is 5.20. The van der Waals surface area contributed by atoms with Crippen LogP contribution in [0.3, 0.4) is 0 Å². The highest BCUT2D eigenvalue weighted by molar-refractivity contribution is 5.60. The summed E-state index contributed by atoms with van der Waals surface area (Å²) in [5, 5.41) is 10.4. The minimum absolute atomic E-state index is 0.266. The number of rotatable bonds is 7. The summed E-state index contributed by atoms with van der Waals surface area (Å²) in [4.78, 5) is 18.1. The first-order valence-corrected chi connectivity index (χ1v) is 10.5. The summed E-state index contributed by atoms with van der Waals surface area (Å²) >= 11 is 0. The quantitative estimate of drug-likeness (QED) is 0.456. The van der Waals surface area contributed by atoms with Crippen molar-refractivity contribution in [2.24, 2.45) is 0 Å². The number of benzene rings is 1. The third-order valence-corrected chi connectivity index (χ3v) is 5.20. The highest BCUT2D eigenvalue weighted by Gasteiger charge is 2.19. The van der Waals surface area contributed by atoms with Gasteiger partial charge in [-0.1, -0.05) is 30.3 Å². The Bertz CT molecular complexity index is 1140. The summed E-state index contributed by atoms with van der Waals surface area (Å²) in [6, 6.07) is 15.7. The van der Waals surface area contributed by atoms with Gasteiger partial charge in [0.05, 0.1) is 6.26 Å². The van der Waals surface area contributed by atoms with Crippen LogP contribution in [0.4, 0.5) is 17.7 Å². The minimum atomic E-state index is 0.266. The van der Waals surface area contributed by atoms with Crippen LogP contribution in [0, 0.1) is 0 Å². The Morgan fingerprint density at radius 3 is 2.66 bits per heavy atom. The van der Waals surface area contributed by atoms with Crippen LogP contribution >= 0.6 is 0 Å². The highest BCUT2D eigenvalue weighted by atomic mass is 16.5. The molecule has 10 nitrogen and oxygen atoms in total. The summed E-state index contributed by atoms with van der Waals surface area (Å²) in [7, 11) is 2.11. The average Bonchev–Trinajstić information content (AvgIpc) is 3.51. The maximum Gasteiger partial charge on any atom is 0.323 e. The monoisotopic (exact) mass is 432 g/mol. The van der Waals surface area contributed by atoms with E-state index in [2.05, 4.69) is 47.3 Å². The van der Waals surface area contributed by atoms with Crippen molar-refractivity contribution < 1.29 is 9.15 Å². The second-order valence-electron chi connectivity index (χ2n) is 7.58. The number of aromatic amines is 1. The number of aromatic nitrogens is 5. The predicted octanol–water partition coefficient (Wildman–Crippen LogP) is 2.93. The van der Waals surface area contributed by atoms with E-state index in [0.29, 0.717) is 30.1 Å². The van der Waals surface area contributed by atoms with E-state index in [1.54, 1.807) is 6.26 Å². The molecule has 0 amide bonds. The van der Waals surface area contributed by atoms with Gasteiger partial charge in [0.25, 0.3) is 0 Å². The largest absolute Gasteiger partial charge is 0.463 e. The van der Waals surface area contributed by atoms with E-state index in [1.807, 2.05) is 48.5 Å². The molecular weight excluding hydrogens is 408 g/mol. The van der Waals surface area contributed by atoms with Crippen molar-refractivity contribution in [3.63, 3.8) is 0 Å². The van der Waals surface area contributed by atoms with Crippen LogP contribution < -0.4 is 15.0 Å². The molecule has 3 aromatic heterocycles. The van der Waals surface area contributed by atoms with Crippen molar-refractivity contribution in [1.82, 2.24) is 30.0 Å². The lowest BCUT2D eigenvalue weighted by Gasteiger charge is -2.32. The average molecular weight is 432 g/mol. The molecule has 2 N–H and O–H groups in total. The third kappa shape index (κ3) is 4.70. The number of nitrogens with one attached hydrogen (secondary N) is 2. The van der Waals surface area contributed by atoms with Crippen molar-refractivity contribution in [1.29, 1.82) is 0 Å². The van der Waals surface area contributed by atoms with E-state index in [4.69, 9.17) is 9.15 Å². The smallest absolute Gasteiger partial charge is 0.323 e. The molecule has 1 aliphatic heterocycles. The molecule has 10 heteroatoms. The van der Waals surface area contributed by atoms with Crippen molar-refractivity contribution >= 4 is 17.7 Å². The fraction of sp³-hybridized carbons (Fsp3) is 0.273. The molecule has 5 rings (SSSR count). The summed E-state index contributed by atoms with van der Waals surface area (Å²) < 4.78 is 11.3. The summed E-state index contributed by atoms with van der Waals surface area (Å²) in [5.41, 5.74) is 1.80. The number of H-pyrrole nitrogens is 1. The van der Waals surface area contributed by atoms with Gasteiger partial charge in [0.15, 0.2) is 11.6 Å². The topological polar surface area (TPSA) is 108 Å². The molecule has 4 heterocycles. The zero-order valence-electron chi connectivity index (χ0n) is 17.7. The molecule has 164 valence electrons. The second kappa shape index (κ2) is 9.06.